The zero-order valence-electron chi connectivity index (χ0n) is 5.86. The van der Waals surface area contributed by atoms with Crippen LogP contribution in [0.25, 0.3) is 12.2 Å². The van der Waals surface area contributed by atoms with Crippen LogP contribution < -0.4 is 10.6 Å². The van der Waals surface area contributed by atoms with E-state index in [1.165, 1.54) is 10.8 Å². The largest absolute Gasteiger partial charge is 0.362 e. The number of hydrogen-bond donors (Lipinski definition) is 1. The summed E-state index contributed by atoms with van der Waals surface area (Å²) < 4.78 is 0. The summed E-state index contributed by atoms with van der Waals surface area (Å²) in [6.45, 7) is 7.99. The van der Waals surface area contributed by atoms with Crippen LogP contribution in [0.4, 0.5) is 0 Å². The van der Waals surface area contributed by atoms with Crippen molar-refractivity contribution in [1.29, 1.82) is 0 Å². The van der Waals surface area contributed by atoms with Crippen LogP contribution in [-0.4, -0.2) is 4.98 Å². The third-order valence-electron chi connectivity index (χ3n) is 1.37. The highest BCUT2D eigenvalue weighted by Gasteiger charge is 1.82. The molecule has 1 rings (SSSR count). The lowest BCUT2D eigenvalue weighted by molar-refractivity contribution is 1.32. The van der Waals surface area contributed by atoms with E-state index < -0.39 is 0 Å². The van der Waals surface area contributed by atoms with Gasteiger partial charge in [0.1, 0.15) is 0 Å². The van der Waals surface area contributed by atoms with E-state index in [-0.39, 0.29) is 0 Å². The number of nitrogens with one attached hydrogen (secondary N) is 1. The average molecular weight is 121 g/mol. The van der Waals surface area contributed by atoms with Crippen LogP contribution in [0.1, 0.15) is 13.8 Å². The molecule has 0 saturated carbocycles. The van der Waals surface area contributed by atoms with Gasteiger partial charge in [-0.05, 0) is 25.1 Å². The summed E-state index contributed by atoms with van der Waals surface area (Å²) in [5.74, 6) is 0. The van der Waals surface area contributed by atoms with Gasteiger partial charge in [-0.3, -0.25) is 0 Å². The topological polar surface area (TPSA) is 15.8 Å². The van der Waals surface area contributed by atoms with Gasteiger partial charge in [0.05, 0.1) is 0 Å². The van der Waals surface area contributed by atoms with Crippen LogP contribution >= 0.6 is 0 Å². The van der Waals surface area contributed by atoms with Crippen LogP contribution in [0.15, 0.2) is 12.3 Å². The second-order valence-electron chi connectivity index (χ2n) is 2.37. The van der Waals surface area contributed by atoms with Crippen molar-refractivity contribution in [1.82, 2.24) is 4.98 Å². The molecule has 1 aromatic heterocycles. The van der Waals surface area contributed by atoms with E-state index in [1.807, 2.05) is 12.3 Å². The van der Waals surface area contributed by atoms with Crippen molar-refractivity contribution in [3.63, 3.8) is 0 Å². The Morgan fingerprint density at radius 3 is 2.44 bits per heavy atom. The van der Waals surface area contributed by atoms with Gasteiger partial charge in [-0.15, -0.1) is 0 Å². The lowest BCUT2D eigenvalue weighted by Crippen LogP contribution is -2.21. The summed E-state index contributed by atoms with van der Waals surface area (Å²) in [5.41, 5.74) is 1.31. The summed E-state index contributed by atoms with van der Waals surface area (Å²) in [7, 11) is 0. The Kier molecular flexibility index (Phi) is 1.43. The Hall–Kier alpha value is -0.980. The number of aromatic amines is 1. The van der Waals surface area contributed by atoms with Crippen molar-refractivity contribution < 1.29 is 0 Å². The van der Waals surface area contributed by atoms with E-state index in [4.69, 9.17) is 0 Å². The fourth-order valence-corrected chi connectivity index (χ4v) is 0.872. The monoisotopic (exact) mass is 121 g/mol. The van der Waals surface area contributed by atoms with Gasteiger partial charge in [0.15, 0.2) is 0 Å². The maximum Gasteiger partial charge on any atom is 0.0380 e. The summed E-state index contributed by atoms with van der Waals surface area (Å²) in [4.78, 5) is 3.02. The highest BCUT2D eigenvalue weighted by atomic mass is 14.6. The van der Waals surface area contributed by atoms with E-state index in [1.54, 1.807) is 0 Å². The molecule has 1 N–H and O–H groups in total. The maximum absolute atomic E-state index is 3.83. The maximum atomic E-state index is 3.83. The van der Waals surface area contributed by atoms with E-state index in [0.29, 0.717) is 0 Å². The number of aromatic nitrogens is 1. The summed E-state index contributed by atoms with van der Waals surface area (Å²) in [6.07, 6.45) is 1.91. The van der Waals surface area contributed by atoms with E-state index in [9.17, 15) is 0 Å². The predicted molar refractivity (Wildman–Crippen MR) is 40.3 cm³/mol. The van der Waals surface area contributed by atoms with Crippen LogP contribution in [0, 0.1) is 0 Å². The van der Waals surface area contributed by atoms with Gasteiger partial charge in [0.25, 0.3) is 0 Å². The Morgan fingerprint density at radius 2 is 2.22 bits per heavy atom. The quantitative estimate of drug-likeness (QED) is 0.518. The molecule has 0 aliphatic carbocycles. The van der Waals surface area contributed by atoms with Crippen molar-refractivity contribution in [2.45, 2.75) is 13.8 Å². The first-order valence-electron chi connectivity index (χ1n) is 3.01. The molecule has 1 nitrogen and oxygen atoms in total. The number of rotatable bonds is 0. The molecule has 9 heavy (non-hydrogen) atoms. The van der Waals surface area contributed by atoms with Crippen molar-refractivity contribution >= 4 is 12.2 Å². The van der Waals surface area contributed by atoms with E-state index in [2.05, 4.69) is 25.4 Å². The molecule has 0 fully saturated rings. The van der Waals surface area contributed by atoms with Gasteiger partial charge in [-0.1, -0.05) is 12.2 Å². The van der Waals surface area contributed by atoms with Crippen LogP contribution in [0.5, 0.6) is 0 Å². The average Bonchev–Trinajstić information content (AvgIpc) is 2.13. The Bertz CT molecular complexity index is 289. The van der Waals surface area contributed by atoms with E-state index >= 15 is 0 Å². The van der Waals surface area contributed by atoms with Gasteiger partial charge in [0, 0.05) is 11.5 Å². The highest BCUT2D eigenvalue weighted by molar-refractivity contribution is 5.38. The molecule has 0 aliphatic rings. The molecule has 0 saturated heterocycles. The molecule has 48 valence electrons. The van der Waals surface area contributed by atoms with Gasteiger partial charge < -0.3 is 4.98 Å². The lowest BCUT2D eigenvalue weighted by atomic mass is 10.3. The Labute approximate surface area is 54.7 Å². The van der Waals surface area contributed by atoms with Crippen molar-refractivity contribution in [3.8, 4) is 0 Å². The predicted octanol–water partition coefficient (Wildman–Crippen LogP) is 0.615. The van der Waals surface area contributed by atoms with E-state index in [0.717, 1.165) is 5.35 Å². The molecule has 0 unspecified atom stereocenters. The van der Waals surface area contributed by atoms with Gasteiger partial charge in [0.2, 0.25) is 0 Å². The zero-order valence-corrected chi connectivity index (χ0v) is 5.86. The number of hydrogen-bond acceptors (Lipinski definition) is 0. The fraction of sp³-hybridized carbons (Fsp3) is 0.250. The molecule has 0 atom stereocenters. The molecule has 0 spiro atoms. The second-order valence-corrected chi connectivity index (χ2v) is 2.37. The first-order chi connectivity index (χ1) is 4.22. The first-order valence-corrected chi connectivity index (χ1v) is 3.01. The molecular weight excluding hydrogens is 110 g/mol. The minimum absolute atomic E-state index is 1.01. The van der Waals surface area contributed by atoms with Gasteiger partial charge in [-0.2, -0.15) is 0 Å². The molecule has 0 radical (unpaired) electrons. The Balaban J connectivity index is 3.60. The summed E-state index contributed by atoms with van der Waals surface area (Å²) in [6, 6.07) is 2.04. The molecule has 0 aromatic carbocycles. The first kappa shape index (κ1) is 6.14. The smallest absolute Gasteiger partial charge is 0.0380 e. The normalized spacial score (nSPS) is 9.56. The second kappa shape index (κ2) is 2.09. The molecular formula is C8H11N. The molecule has 0 bridgehead atoms. The summed E-state index contributed by atoms with van der Waals surface area (Å²) in [5, 5.41) is 2.24. The van der Waals surface area contributed by atoms with Crippen LogP contribution in [0.2, 0.25) is 0 Å². The van der Waals surface area contributed by atoms with Gasteiger partial charge >= 0.3 is 0 Å². The Morgan fingerprint density at radius 1 is 1.56 bits per heavy atom. The minimum atomic E-state index is 1.01. The fourth-order valence-electron chi connectivity index (χ4n) is 0.872. The van der Waals surface area contributed by atoms with Crippen molar-refractivity contribution in [3.05, 3.63) is 22.8 Å². The van der Waals surface area contributed by atoms with Crippen molar-refractivity contribution in [2.24, 2.45) is 0 Å². The molecule has 0 amide bonds. The SMILES string of the molecule is C=c1[nH]ccc1=C(C)C. The third kappa shape index (κ3) is 1.04. The zero-order chi connectivity index (χ0) is 6.85. The molecule has 1 heteroatoms. The highest BCUT2D eigenvalue weighted by Crippen LogP contribution is 1.80. The van der Waals surface area contributed by atoms with Crippen LogP contribution in [0.3, 0.4) is 0 Å². The number of H-pyrrole nitrogens is 1. The molecule has 1 aromatic rings. The van der Waals surface area contributed by atoms with Crippen LogP contribution in [-0.2, 0) is 0 Å². The van der Waals surface area contributed by atoms with Gasteiger partial charge in [-0.25, -0.2) is 0 Å². The summed E-state index contributed by atoms with van der Waals surface area (Å²) >= 11 is 0. The molecule has 1 heterocycles. The lowest BCUT2D eigenvalue weighted by Gasteiger charge is -1.81. The minimum Gasteiger partial charge on any atom is -0.362 e. The standard InChI is InChI=1S/C8H11N/c1-6(2)8-4-5-9-7(8)3/h4-5,9H,3H2,1-2H3. The molecule has 0 aliphatic heterocycles. The third-order valence-corrected chi connectivity index (χ3v) is 1.37. The van der Waals surface area contributed by atoms with Crippen molar-refractivity contribution in [2.75, 3.05) is 0 Å².